The number of carbonyl (C=O) groups excluding carboxylic acids is 2. The number of benzene rings is 1. The molecule has 0 aliphatic carbocycles. The van der Waals surface area contributed by atoms with E-state index in [2.05, 4.69) is 10.6 Å². The Bertz CT molecular complexity index is 545. The van der Waals surface area contributed by atoms with Crippen molar-refractivity contribution in [2.75, 3.05) is 18.4 Å². The molecule has 0 saturated carbocycles. The fourth-order valence-electron chi connectivity index (χ4n) is 1.63. The van der Waals surface area contributed by atoms with Gasteiger partial charge < -0.3 is 16.4 Å². The molecule has 0 saturated heterocycles. The van der Waals surface area contributed by atoms with Gasteiger partial charge in [-0.15, -0.1) is 0 Å². The first-order valence-electron chi connectivity index (χ1n) is 6.54. The molecule has 0 fully saturated rings. The number of primary amides is 1. The highest BCUT2D eigenvalue weighted by molar-refractivity contribution is 5.95. The summed E-state index contributed by atoms with van der Waals surface area (Å²) in [7, 11) is 0. The smallest absolute Gasteiger partial charge is 0.293 e. The molecule has 1 aromatic carbocycles. The third-order valence-electron chi connectivity index (χ3n) is 2.68. The van der Waals surface area contributed by atoms with Crippen LogP contribution in [0.15, 0.2) is 18.2 Å². The summed E-state index contributed by atoms with van der Waals surface area (Å²) < 4.78 is 0. The van der Waals surface area contributed by atoms with Crippen molar-refractivity contribution in [2.24, 2.45) is 5.73 Å². The number of carbonyl (C=O) groups is 2. The number of amides is 2. The van der Waals surface area contributed by atoms with Crippen LogP contribution in [-0.4, -0.2) is 29.8 Å². The van der Waals surface area contributed by atoms with Crippen LogP contribution in [0.2, 0.25) is 0 Å². The van der Waals surface area contributed by atoms with Gasteiger partial charge in [0.2, 0.25) is 5.91 Å². The van der Waals surface area contributed by atoms with Crippen LogP contribution in [0.25, 0.3) is 0 Å². The maximum atomic E-state index is 11.8. The van der Waals surface area contributed by atoms with Crippen molar-refractivity contribution in [3.8, 4) is 0 Å². The lowest BCUT2D eigenvalue weighted by Gasteiger charge is -2.08. The molecule has 1 aromatic rings. The summed E-state index contributed by atoms with van der Waals surface area (Å²) in [6.45, 7) is 2.64. The van der Waals surface area contributed by atoms with Crippen LogP contribution < -0.4 is 16.4 Å². The molecule has 0 aliphatic rings. The van der Waals surface area contributed by atoms with E-state index in [1.165, 1.54) is 18.2 Å². The zero-order valence-corrected chi connectivity index (χ0v) is 11.7. The number of hydrogen-bond acceptors (Lipinski definition) is 5. The SMILES string of the molecule is CCCNc1ccc(C(=O)NCCC(N)=O)cc1[N+](=O)[O-]. The summed E-state index contributed by atoms with van der Waals surface area (Å²) in [4.78, 5) is 32.9. The lowest BCUT2D eigenvalue weighted by atomic mass is 10.1. The first kappa shape index (κ1) is 16.4. The van der Waals surface area contributed by atoms with Crippen molar-refractivity contribution >= 4 is 23.2 Å². The molecule has 114 valence electrons. The molecule has 1 rings (SSSR count). The highest BCUT2D eigenvalue weighted by Crippen LogP contribution is 2.25. The summed E-state index contributed by atoms with van der Waals surface area (Å²) >= 11 is 0. The van der Waals surface area contributed by atoms with E-state index in [0.717, 1.165) is 6.42 Å². The zero-order chi connectivity index (χ0) is 15.8. The zero-order valence-electron chi connectivity index (χ0n) is 11.7. The van der Waals surface area contributed by atoms with Gasteiger partial charge in [-0.2, -0.15) is 0 Å². The van der Waals surface area contributed by atoms with Gasteiger partial charge in [0.15, 0.2) is 0 Å². The second kappa shape index (κ2) is 7.83. The number of nitrogens with two attached hydrogens (primary N) is 1. The van der Waals surface area contributed by atoms with Gasteiger partial charge in [0.05, 0.1) is 4.92 Å². The second-order valence-corrected chi connectivity index (χ2v) is 4.39. The van der Waals surface area contributed by atoms with Gasteiger partial charge in [0.25, 0.3) is 11.6 Å². The average Bonchev–Trinajstić information content (AvgIpc) is 2.44. The highest BCUT2D eigenvalue weighted by atomic mass is 16.6. The van der Waals surface area contributed by atoms with Gasteiger partial charge in [-0.1, -0.05) is 6.92 Å². The Kier molecular flexibility index (Phi) is 6.12. The van der Waals surface area contributed by atoms with Crippen molar-refractivity contribution in [2.45, 2.75) is 19.8 Å². The van der Waals surface area contributed by atoms with E-state index >= 15 is 0 Å². The fourth-order valence-corrected chi connectivity index (χ4v) is 1.63. The largest absolute Gasteiger partial charge is 0.380 e. The standard InChI is InChI=1S/C13H18N4O4/c1-2-6-15-10-4-3-9(8-11(10)17(20)21)13(19)16-7-5-12(14)18/h3-4,8,15H,2,5-7H2,1H3,(H2,14,18)(H,16,19). The Labute approximate surface area is 121 Å². The van der Waals surface area contributed by atoms with E-state index in [9.17, 15) is 19.7 Å². The number of anilines is 1. The number of rotatable bonds is 8. The van der Waals surface area contributed by atoms with Crippen molar-refractivity contribution in [3.05, 3.63) is 33.9 Å². The number of nitrogens with one attached hydrogen (secondary N) is 2. The lowest BCUT2D eigenvalue weighted by molar-refractivity contribution is -0.384. The molecule has 0 aromatic heterocycles. The molecule has 0 heterocycles. The minimum Gasteiger partial charge on any atom is -0.380 e. The van der Waals surface area contributed by atoms with Crippen LogP contribution in [0.1, 0.15) is 30.1 Å². The number of nitro benzene ring substituents is 1. The molecule has 4 N–H and O–H groups in total. The number of hydrogen-bond donors (Lipinski definition) is 3. The van der Waals surface area contributed by atoms with Crippen molar-refractivity contribution in [1.29, 1.82) is 0 Å². The van der Waals surface area contributed by atoms with Gasteiger partial charge >= 0.3 is 0 Å². The van der Waals surface area contributed by atoms with E-state index in [1.807, 2.05) is 6.92 Å². The topological polar surface area (TPSA) is 127 Å². The maximum absolute atomic E-state index is 11.8. The summed E-state index contributed by atoms with van der Waals surface area (Å²) in [5.41, 5.74) is 5.33. The quantitative estimate of drug-likeness (QED) is 0.487. The molecule has 0 bridgehead atoms. The second-order valence-electron chi connectivity index (χ2n) is 4.39. The van der Waals surface area contributed by atoms with Crippen molar-refractivity contribution in [3.63, 3.8) is 0 Å². The molecular weight excluding hydrogens is 276 g/mol. The molecule has 0 aliphatic heterocycles. The lowest BCUT2D eigenvalue weighted by Crippen LogP contribution is -2.27. The molecule has 8 nitrogen and oxygen atoms in total. The van der Waals surface area contributed by atoms with Crippen LogP contribution >= 0.6 is 0 Å². The molecule has 0 unspecified atom stereocenters. The Hall–Kier alpha value is -2.64. The molecule has 0 spiro atoms. The molecule has 0 radical (unpaired) electrons. The van der Waals surface area contributed by atoms with Crippen LogP contribution in [-0.2, 0) is 4.79 Å². The summed E-state index contributed by atoms with van der Waals surface area (Å²) in [6.07, 6.45) is 0.844. The van der Waals surface area contributed by atoms with Gasteiger partial charge in [-0.3, -0.25) is 19.7 Å². The van der Waals surface area contributed by atoms with Gasteiger partial charge in [0, 0.05) is 31.1 Å². The van der Waals surface area contributed by atoms with E-state index in [-0.39, 0.29) is 24.2 Å². The van der Waals surface area contributed by atoms with Gasteiger partial charge in [-0.25, -0.2) is 0 Å². The minimum atomic E-state index is -0.543. The average molecular weight is 294 g/mol. The van der Waals surface area contributed by atoms with Crippen LogP contribution in [0, 0.1) is 10.1 Å². The molecule has 2 amide bonds. The predicted molar refractivity (Wildman–Crippen MR) is 78.0 cm³/mol. The predicted octanol–water partition coefficient (Wildman–Crippen LogP) is 1.02. The van der Waals surface area contributed by atoms with E-state index in [0.29, 0.717) is 12.2 Å². The fraction of sp³-hybridized carbons (Fsp3) is 0.385. The van der Waals surface area contributed by atoms with Crippen LogP contribution in [0.3, 0.4) is 0 Å². The number of nitrogens with zero attached hydrogens (tertiary/aromatic N) is 1. The third kappa shape index (κ3) is 5.09. The molecule has 8 heteroatoms. The van der Waals surface area contributed by atoms with E-state index in [4.69, 9.17) is 5.73 Å². The Balaban J connectivity index is 2.84. The Morgan fingerprint density at radius 2 is 2.05 bits per heavy atom. The molecule has 21 heavy (non-hydrogen) atoms. The van der Waals surface area contributed by atoms with Crippen LogP contribution in [0.4, 0.5) is 11.4 Å². The monoisotopic (exact) mass is 294 g/mol. The van der Waals surface area contributed by atoms with E-state index in [1.54, 1.807) is 0 Å². The minimum absolute atomic E-state index is 0.0178. The van der Waals surface area contributed by atoms with E-state index < -0.39 is 16.7 Å². The highest BCUT2D eigenvalue weighted by Gasteiger charge is 2.17. The normalized spacial score (nSPS) is 9.95. The summed E-state index contributed by atoms with van der Waals surface area (Å²) in [5, 5.41) is 16.4. The van der Waals surface area contributed by atoms with Crippen LogP contribution in [0.5, 0.6) is 0 Å². The van der Waals surface area contributed by atoms with Gasteiger partial charge in [-0.05, 0) is 18.6 Å². The molecule has 0 atom stereocenters. The van der Waals surface area contributed by atoms with Gasteiger partial charge in [0.1, 0.15) is 5.69 Å². The Morgan fingerprint density at radius 1 is 1.33 bits per heavy atom. The summed E-state index contributed by atoms with van der Waals surface area (Å²) in [6, 6.07) is 4.19. The molecular formula is C13H18N4O4. The first-order valence-corrected chi connectivity index (χ1v) is 6.54. The summed E-state index contributed by atoms with van der Waals surface area (Å²) in [5.74, 6) is -1.01. The van der Waals surface area contributed by atoms with Crippen molar-refractivity contribution in [1.82, 2.24) is 5.32 Å². The number of nitro groups is 1. The third-order valence-corrected chi connectivity index (χ3v) is 2.68. The van der Waals surface area contributed by atoms with Crippen molar-refractivity contribution < 1.29 is 14.5 Å². The Morgan fingerprint density at radius 3 is 2.62 bits per heavy atom. The maximum Gasteiger partial charge on any atom is 0.293 e. The first-order chi connectivity index (χ1) is 9.95.